The van der Waals surface area contributed by atoms with E-state index in [4.69, 9.17) is 0 Å². The van der Waals surface area contributed by atoms with Crippen LogP contribution in [0.4, 0.5) is 4.39 Å². The van der Waals surface area contributed by atoms with Crippen LogP contribution >= 0.6 is 0 Å². The van der Waals surface area contributed by atoms with Gasteiger partial charge in [-0.15, -0.1) is 0 Å². The van der Waals surface area contributed by atoms with Gasteiger partial charge in [-0.3, -0.25) is 9.69 Å². The number of nitrogens with zero attached hydrogens (tertiary/aromatic N) is 5. The maximum atomic E-state index is 14.0. The van der Waals surface area contributed by atoms with Crippen molar-refractivity contribution in [2.24, 2.45) is 0 Å². The highest BCUT2D eigenvalue weighted by Crippen LogP contribution is 2.20. The number of likely N-dealkylation sites (tertiary alicyclic amines) is 1. The van der Waals surface area contributed by atoms with E-state index in [-0.39, 0.29) is 17.8 Å². The van der Waals surface area contributed by atoms with E-state index in [1.54, 1.807) is 21.5 Å². The lowest BCUT2D eigenvalue weighted by Crippen LogP contribution is -2.48. The summed E-state index contributed by atoms with van der Waals surface area (Å²) in [6, 6.07) is 10.6. The Kier molecular flexibility index (Phi) is 5.32. The Bertz CT molecular complexity index is 1050. The highest BCUT2D eigenvalue weighted by Gasteiger charge is 2.28. The molecule has 0 bridgehead atoms. The molecule has 0 unspecified atom stereocenters. The van der Waals surface area contributed by atoms with Crippen molar-refractivity contribution >= 4 is 11.6 Å². The molecule has 2 aromatic heterocycles. The van der Waals surface area contributed by atoms with Gasteiger partial charge in [-0.05, 0) is 45.4 Å². The molecule has 29 heavy (non-hydrogen) atoms. The predicted molar refractivity (Wildman–Crippen MR) is 109 cm³/mol. The Morgan fingerprint density at radius 2 is 2.07 bits per heavy atom. The molecule has 1 fully saturated rings. The number of rotatable bonds is 4. The van der Waals surface area contributed by atoms with Crippen LogP contribution in [0, 0.1) is 19.7 Å². The van der Waals surface area contributed by atoms with Crippen molar-refractivity contribution in [3.8, 4) is 0 Å². The first-order valence-electron chi connectivity index (χ1n) is 9.99. The minimum Gasteiger partial charge on any atom is -0.336 e. The Hall–Kier alpha value is -2.80. The van der Waals surface area contributed by atoms with Gasteiger partial charge in [0.25, 0.3) is 5.91 Å². The van der Waals surface area contributed by atoms with Crippen LogP contribution in [0.3, 0.4) is 0 Å². The van der Waals surface area contributed by atoms with Crippen molar-refractivity contribution in [2.45, 2.75) is 39.3 Å². The van der Waals surface area contributed by atoms with Crippen molar-refractivity contribution in [3.63, 3.8) is 0 Å². The van der Waals surface area contributed by atoms with Crippen LogP contribution in [-0.2, 0) is 6.54 Å². The Morgan fingerprint density at radius 1 is 1.28 bits per heavy atom. The molecule has 0 radical (unpaired) electrons. The number of fused-ring (bicyclic) bond motifs is 1. The number of benzene rings is 1. The molecule has 7 heteroatoms. The molecule has 1 amide bonds. The van der Waals surface area contributed by atoms with E-state index in [0.29, 0.717) is 23.4 Å². The molecule has 4 rings (SSSR count). The van der Waals surface area contributed by atoms with Gasteiger partial charge in [-0.1, -0.05) is 18.2 Å². The molecule has 152 valence electrons. The standard InChI is InChI=1S/C22H26FN5O/c1-15-11-16(2)28-21(24-15)12-20(25-28)22(29)26(3)18-8-6-10-27(14-18)13-17-7-4-5-9-19(17)23/h4-5,7,9,11-12,18H,6,8,10,13-14H2,1-3H3/t18-/m1/s1. The van der Waals surface area contributed by atoms with Gasteiger partial charge < -0.3 is 4.90 Å². The Labute approximate surface area is 170 Å². The minimum absolute atomic E-state index is 0.0728. The average Bonchev–Trinajstić information content (AvgIpc) is 3.13. The monoisotopic (exact) mass is 395 g/mol. The maximum Gasteiger partial charge on any atom is 0.274 e. The molecule has 0 saturated carbocycles. The average molecular weight is 395 g/mol. The van der Waals surface area contributed by atoms with Crippen molar-refractivity contribution in [3.05, 3.63) is 64.9 Å². The second-order valence-electron chi connectivity index (χ2n) is 7.88. The molecule has 1 atom stereocenters. The summed E-state index contributed by atoms with van der Waals surface area (Å²) in [5.74, 6) is -0.285. The van der Waals surface area contributed by atoms with Crippen LogP contribution < -0.4 is 0 Å². The largest absolute Gasteiger partial charge is 0.336 e. The van der Waals surface area contributed by atoms with E-state index < -0.39 is 0 Å². The van der Waals surface area contributed by atoms with E-state index in [2.05, 4.69) is 15.0 Å². The Morgan fingerprint density at radius 3 is 2.86 bits per heavy atom. The topological polar surface area (TPSA) is 53.7 Å². The first-order valence-corrected chi connectivity index (χ1v) is 9.99. The number of hydrogen-bond donors (Lipinski definition) is 0. The van der Waals surface area contributed by atoms with Gasteiger partial charge in [-0.2, -0.15) is 5.10 Å². The molecule has 1 saturated heterocycles. The molecule has 3 heterocycles. The lowest BCUT2D eigenvalue weighted by Gasteiger charge is -2.37. The summed E-state index contributed by atoms with van der Waals surface area (Å²) < 4.78 is 15.7. The smallest absolute Gasteiger partial charge is 0.274 e. The highest BCUT2D eigenvalue weighted by molar-refractivity contribution is 5.93. The van der Waals surface area contributed by atoms with Crippen molar-refractivity contribution in [1.82, 2.24) is 24.4 Å². The van der Waals surface area contributed by atoms with Crippen molar-refractivity contribution < 1.29 is 9.18 Å². The van der Waals surface area contributed by atoms with E-state index in [1.165, 1.54) is 6.07 Å². The summed E-state index contributed by atoms with van der Waals surface area (Å²) in [6.45, 7) is 6.07. The number of carbonyl (C=O) groups excluding carboxylic acids is 1. The van der Waals surface area contributed by atoms with E-state index >= 15 is 0 Å². The second kappa shape index (κ2) is 7.91. The van der Waals surface area contributed by atoms with Crippen molar-refractivity contribution in [1.29, 1.82) is 0 Å². The fourth-order valence-corrected chi connectivity index (χ4v) is 4.10. The summed E-state index contributed by atoms with van der Waals surface area (Å²) in [4.78, 5) is 21.5. The van der Waals surface area contributed by atoms with Crippen LogP contribution in [0.1, 0.15) is 40.3 Å². The number of hydrogen-bond acceptors (Lipinski definition) is 4. The Balaban J connectivity index is 1.48. The number of aryl methyl sites for hydroxylation is 2. The fourth-order valence-electron chi connectivity index (χ4n) is 4.10. The van der Waals surface area contributed by atoms with Gasteiger partial charge in [0.1, 0.15) is 5.82 Å². The van der Waals surface area contributed by atoms with Gasteiger partial charge >= 0.3 is 0 Å². The molecule has 1 aromatic carbocycles. The molecule has 0 N–H and O–H groups in total. The first-order chi connectivity index (χ1) is 13.9. The van der Waals surface area contributed by atoms with Gasteiger partial charge in [-0.25, -0.2) is 13.9 Å². The molecule has 0 aliphatic carbocycles. The number of aromatic nitrogens is 3. The number of likely N-dealkylation sites (N-methyl/N-ethyl adjacent to an activating group) is 1. The molecular formula is C22H26FN5O. The maximum absolute atomic E-state index is 14.0. The molecule has 0 spiro atoms. The normalized spacial score (nSPS) is 17.6. The summed E-state index contributed by atoms with van der Waals surface area (Å²) in [5.41, 5.74) is 3.63. The highest BCUT2D eigenvalue weighted by atomic mass is 19.1. The molecule has 6 nitrogen and oxygen atoms in total. The first kappa shape index (κ1) is 19.5. The van der Waals surface area contributed by atoms with Gasteiger partial charge in [0.05, 0.1) is 0 Å². The molecular weight excluding hydrogens is 369 g/mol. The van der Waals surface area contributed by atoms with Crippen LogP contribution in [0.15, 0.2) is 36.4 Å². The lowest BCUT2D eigenvalue weighted by atomic mass is 10.0. The zero-order chi connectivity index (χ0) is 20.5. The third-order valence-electron chi connectivity index (χ3n) is 5.65. The minimum atomic E-state index is -0.179. The van der Waals surface area contributed by atoms with Crippen LogP contribution in [0.25, 0.3) is 5.65 Å². The van der Waals surface area contributed by atoms with Gasteiger partial charge in [0.15, 0.2) is 11.3 Å². The summed E-state index contributed by atoms with van der Waals surface area (Å²) in [5, 5.41) is 4.47. The third kappa shape index (κ3) is 4.00. The SMILES string of the molecule is Cc1cc(C)n2nc(C(=O)N(C)[C@@H]3CCCN(Cc4ccccc4F)C3)cc2n1. The fraction of sp³-hybridized carbons (Fsp3) is 0.409. The summed E-state index contributed by atoms with van der Waals surface area (Å²) >= 11 is 0. The van der Waals surface area contributed by atoms with Gasteiger partial charge in [0.2, 0.25) is 0 Å². The quantitative estimate of drug-likeness (QED) is 0.681. The summed E-state index contributed by atoms with van der Waals surface area (Å²) in [6.07, 6.45) is 1.90. The van der Waals surface area contributed by atoms with Crippen molar-refractivity contribution in [2.75, 3.05) is 20.1 Å². The van der Waals surface area contributed by atoms with Gasteiger partial charge in [0, 0.05) is 49.2 Å². The van der Waals surface area contributed by atoms with Crippen LogP contribution in [-0.4, -0.2) is 56.5 Å². The van der Waals surface area contributed by atoms with E-state index in [9.17, 15) is 9.18 Å². The lowest BCUT2D eigenvalue weighted by molar-refractivity contribution is 0.0602. The third-order valence-corrected chi connectivity index (χ3v) is 5.65. The second-order valence-corrected chi connectivity index (χ2v) is 7.88. The van der Waals surface area contributed by atoms with Crippen LogP contribution in [0.2, 0.25) is 0 Å². The number of carbonyl (C=O) groups is 1. The van der Waals surface area contributed by atoms with E-state index in [1.807, 2.05) is 39.1 Å². The molecule has 1 aliphatic heterocycles. The van der Waals surface area contributed by atoms with Crippen LogP contribution in [0.5, 0.6) is 0 Å². The number of piperidine rings is 1. The summed E-state index contributed by atoms with van der Waals surface area (Å²) in [7, 11) is 1.83. The number of amides is 1. The zero-order valence-electron chi connectivity index (χ0n) is 17.1. The van der Waals surface area contributed by atoms with E-state index in [0.717, 1.165) is 37.3 Å². The molecule has 3 aromatic rings. The number of halogens is 1. The molecule has 1 aliphatic rings. The zero-order valence-corrected chi connectivity index (χ0v) is 17.1. The predicted octanol–water partition coefficient (Wildman–Crippen LogP) is 3.22.